The van der Waals surface area contributed by atoms with Crippen molar-refractivity contribution in [2.24, 2.45) is 0 Å². The van der Waals surface area contributed by atoms with Crippen LogP contribution in [0.25, 0.3) is 0 Å². The molecular formula is C9H15NO3. The standard InChI is InChI=1S/C9H15NO3/c1-5-7(4)13-9(12)10-8(11)6(2)3/h7H,2,5H2,1,3-4H3,(H,10,11,12). The van der Waals surface area contributed by atoms with Crippen molar-refractivity contribution in [2.75, 3.05) is 0 Å². The second-order valence-corrected chi connectivity index (χ2v) is 2.86. The molecule has 0 aliphatic carbocycles. The molecule has 0 spiro atoms. The highest BCUT2D eigenvalue weighted by atomic mass is 16.6. The summed E-state index contributed by atoms with van der Waals surface area (Å²) in [5, 5.41) is 2.04. The van der Waals surface area contributed by atoms with E-state index in [4.69, 9.17) is 4.74 Å². The molecule has 1 atom stereocenters. The maximum absolute atomic E-state index is 10.9. The third-order valence-corrected chi connectivity index (χ3v) is 1.49. The maximum Gasteiger partial charge on any atom is 0.414 e. The van der Waals surface area contributed by atoms with E-state index in [1.165, 1.54) is 6.92 Å². The Morgan fingerprint density at radius 3 is 2.46 bits per heavy atom. The minimum absolute atomic E-state index is 0.182. The molecule has 0 aromatic carbocycles. The molecule has 1 unspecified atom stereocenters. The molecule has 0 bridgehead atoms. The van der Waals surface area contributed by atoms with Gasteiger partial charge in [-0.15, -0.1) is 0 Å². The smallest absolute Gasteiger partial charge is 0.414 e. The van der Waals surface area contributed by atoms with Crippen LogP contribution in [0, 0.1) is 0 Å². The Kier molecular flexibility index (Phi) is 4.80. The topological polar surface area (TPSA) is 55.4 Å². The number of carbonyl (C=O) groups is 2. The molecule has 0 aliphatic heterocycles. The molecule has 0 radical (unpaired) electrons. The lowest BCUT2D eigenvalue weighted by atomic mass is 10.3. The fourth-order valence-electron chi connectivity index (χ4n) is 0.495. The number of ether oxygens (including phenoxy) is 1. The van der Waals surface area contributed by atoms with Gasteiger partial charge in [0.2, 0.25) is 0 Å². The molecule has 0 rings (SSSR count). The van der Waals surface area contributed by atoms with Crippen molar-refractivity contribution in [1.29, 1.82) is 0 Å². The molecule has 0 heterocycles. The number of nitrogens with one attached hydrogen (secondary N) is 1. The van der Waals surface area contributed by atoms with Gasteiger partial charge in [-0.1, -0.05) is 13.5 Å². The molecule has 0 saturated carbocycles. The summed E-state index contributed by atoms with van der Waals surface area (Å²) in [7, 11) is 0. The first-order chi connectivity index (χ1) is 5.97. The van der Waals surface area contributed by atoms with Crippen molar-refractivity contribution >= 4 is 12.0 Å². The first-order valence-electron chi connectivity index (χ1n) is 4.14. The van der Waals surface area contributed by atoms with Crippen LogP contribution in [0.1, 0.15) is 27.2 Å². The zero-order valence-corrected chi connectivity index (χ0v) is 8.22. The highest BCUT2D eigenvalue weighted by Crippen LogP contribution is 1.96. The third kappa shape index (κ3) is 5.00. The molecular weight excluding hydrogens is 170 g/mol. The summed E-state index contributed by atoms with van der Waals surface area (Å²) in [6.07, 6.45) is -0.186. The van der Waals surface area contributed by atoms with E-state index in [0.717, 1.165) is 0 Å². The first kappa shape index (κ1) is 11.7. The zero-order valence-electron chi connectivity index (χ0n) is 8.22. The highest BCUT2D eigenvalue weighted by molar-refractivity contribution is 6.01. The molecule has 13 heavy (non-hydrogen) atoms. The molecule has 4 heteroatoms. The summed E-state index contributed by atoms with van der Waals surface area (Å²) in [6, 6.07) is 0. The number of imide groups is 1. The van der Waals surface area contributed by atoms with Crippen LogP contribution in [0.5, 0.6) is 0 Å². The van der Waals surface area contributed by atoms with Gasteiger partial charge >= 0.3 is 6.09 Å². The number of rotatable bonds is 3. The predicted molar refractivity (Wildman–Crippen MR) is 49.2 cm³/mol. The first-order valence-corrected chi connectivity index (χ1v) is 4.14. The van der Waals surface area contributed by atoms with Crippen molar-refractivity contribution in [3.63, 3.8) is 0 Å². The van der Waals surface area contributed by atoms with Crippen LogP contribution in [-0.2, 0) is 9.53 Å². The molecule has 0 aromatic heterocycles. The molecule has 4 nitrogen and oxygen atoms in total. The average molecular weight is 185 g/mol. The third-order valence-electron chi connectivity index (χ3n) is 1.49. The summed E-state index contributed by atoms with van der Waals surface area (Å²) in [5.74, 6) is -0.506. The monoisotopic (exact) mass is 185 g/mol. The van der Waals surface area contributed by atoms with E-state index in [9.17, 15) is 9.59 Å². The quantitative estimate of drug-likeness (QED) is 0.679. The molecule has 2 amide bonds. The van der Waals surface area contributed by atoms with E-state index in [1.54, 1.807) is 6.92 Å². The summed E-state index contributed by atoms with van der Waals surface area (Å²) >= 11 is 0. The van der Waals surface area contributed by atoms with Gasteiger partial charge in [0.1, 0.15) is 6.10 Å². The molecule has 0 saturated heterocycles. The van der Waals surface area contributed by atoms with Gasteiger partial charge in [-0.25, -0.2) is 4.79 Å². The van der Waals surface area contributed by atoms with Crippen molar-refractivity contribution in [3.8, 4) is 0 Å². The maximum atomic E-state index is 10.9. The van der Waals surface area contributed by atoms with Crippen LogP contribution >= 0.6 is 0 Å². The van der Waals surface area contributed by atoms with Gasteiger partial charge in [0.05, 0.1) is 0 Å². The lowest BCUT2D eigenvalue weighted by Gasteiger charge is -2.10. The lowest BCUT2D eigenvalue weighted by Crippen LogP contribution is -2.33. The van der Waals surface area contributed by atoms with Crippen molar-refractivity contribution in [3.05, 3.63) is 12.2 Å². The van der Waals surface area contributed by atoms with Crippen molar-refractivity contribution in [1.82, 2.24) is 5.32 Å². The van der Waals surface area contributed by atoms with Crippen molar-refractivity contribution < 1.29 is 14.3 Å². The Balaban J connectivity index is 3.88. The number of amides is 2. The number of hydrogen-bond acceptors (Lipinski definition) is 3. The molecule has 0 aliphatic rings. The van der Waals surface area contributed by atoms with Gasteiger partial charge in [-0.2, -0.15) is 0 Å². The van der Waals surface area contributed by atoms with Gasteiger partial charge < -0.3 is 4.74 Å². The van der Waals surface area contributed by atoms with E-state index in [1.807, 2.05) is 12.2 Å². The Labute approximate surface area is 78.0 Å². The Hall–Kier alpha value is -1.32. The fourth-order valence-corrected chi connectivity index (χ4v) is 0.495. The van der Waals surface area contributed by atoms with E-state index < -0.39 is 12.0 Å². The second-order valence-electron chi connectivity index (χ2n) is 2.86. The van der Waals surface area contributed by atoms with Crippen LogP contribution in [0.2, 0.25) is 0 Å². The lowest BCUT2D eigenvalue weighted by molar-refractivity contribution is -0.116. The predicted octanol–water partition coefficient (Wildman–Crippen LogP) is 1.61. The van der Waals surface area contributed by atoms with E-state index in [-0.39, 0.29) is 11.7 Å². The summed E-state index contributed by atoms with van der Waals surface area (Å²) in [6.45, 7) is 8.55. The number of alkyl carbamates (subject to hydrolysis) is 1. The summed E-state index contributed by atoms with van der Waals surface area (Å²) in [4.78, 5) is 21.8. The number of carbonyl (C=O) groups excluding carboxylic acids is 2. The van der Waals surface area contributed by atoms with Crippen molar-refractivity contribution in [2.45, 2.75) is 33.3 Å². The molecule has 0 aromatic rings. The van der Waals surface area contributed by atoms with Gasteiger partial charge in [-0.05, 0) is 20.3 Å². The Morgan fingerprint density at radius 2 is 2.08 bits per heavy atom. The van der Waals surface area contributed by atoms with Crippen LogP contribution in [0.4, 0.5) is 4.79 Å². The minimum atomic E-state index is -0.720. The zero-order chi connectivity index (χ0) is 10.4. The van der Waals surface area contributed by atoms with Gasteiger partial charge in [-0.3, -0.25) is 10.1 Å². The normalized spacial score (nSPS) is 11.6. The van der Waals surface area contributed by atoms with Crippen LogP contribution in [0.15, 0.2) is 12.2 Å². The van der Waals surface area contributed by atoms with Gasteiger partial charge in [0, 0.05) is 5.57 Å². The Bertz CT molecular complexity index is 223. The Morgan fingerprint density at radius 1 is 1.54 bits per heavy atom. The fraction of sp³-hybridized carbons (Fsp3) is 0.556. The molecule has 1 N–H and O–H groups in total. The SMILES string of the molecule is C=C(C)C(=O)NC(=O)OC(C)CC. The second kappa shape index (κ2) is 5.35. The van der Waals surface area contributed by atoms with Gasteiger partial charge in [0.25, 0.3) is 5.91 Å². The highest BCUT2D eigenvalue weighted by Gasteiger charge is 2.11. The largest absolute Gasteiger partial charge is 0.446 e. The number of hydrogen-bond donors (Lipinski definition) is 1. The van der Waals surface area contributed by atoms with Crippen LogP contribution in [0.3, 0.4) is 0 Å². The van der Waals surface area contributed by atoms with Gasteiger partial charge in [0.15, 0.2) is 0 Å². The van der Waals surface area contributed by atoms with E-state index in [0.29, 0.717) is 6.42 Å². The summed E-state index contributed by atoms with van der Waals surface area (Å²) < 4.78 is 4.81. The van der Waals surface area contributed by atoms with E-state index in [2.05, 4.69) is 6.58 Å². The van der Waals surface area contributed by atoms with Crippen LogP contribution in [-0.4, -0.2) is 18.1 Å². The van der Waals surface area contributed by atoms with Crippen LogP contribution < -0.4 is 5.32 Å². The minimum Gasteiger partial charge on any atom is -0.446 e. The average Bonchev–Trinajstić information content (AvgIpc) is 2.03. The molecule has 0 fully saturated rings. The molecule has 74 valence electrons. The van der Waals surface area contributed by atoms with E-state index >= 15 is 0 Å². The summed E-state index contributed by atoms with van der Waals surface area (Å²) in [5.41, 5.74) is 0.279.